The van der Waals surface area contributed by atoms with E-state index in [0.717, 1.165) is 29.8 Å². The zero-order chi connectivity index (χ0) is 17.0. The largest absolute Gasteiger partial charge is 0.454 e. The molecule has 7 heteroatoms. The summed E-state index contributed by atoms with van der Waals surface area (Å²) in [5.74, 6) is -4.17. The molecular formula is C16H14F2O4S. The van der Waals surface area contributed by atoms with Gasteiger partial charge in [-0.25, -0.2) is 13.2 Å². The van der Waals surface area contributed by atoms with E-state index < -0.39 is 32.6 Å². The Kier molecular flexibility index (Phi) is 5.10. The van der Waals surface area contributed by atoms with Crippen molar-refractivity contribution >= 4 is 15.8 Å². The molecule has 1 atom stereocenters. The molecule has 2 rings (SSSR count). The molecule has 0 heterocycles. The highest BCUT2D eigenvalue weighted by Gasteiger charge is 2.26. The van der Waals surface area contributed by atoms with Crippen molar-refractivity contribution in [3.8, 4) is 0 Å². The van der Waals surface area contributed by atoms with Crippen LogP contribution in [0.2, 0.25) is 0 Å². The number of esters is 1. The van der Waals surface area contributed by atoms with Gasteiger partial charge in [-0.1, -0.05) is 30.3 Å². The van der Waals surface area contributed by atoms with Crippen molar-refractivity contribution in [3.05, 3.63) is 65.7 Å². The number of alkyl halides is 2. The second-order valence-electron chi connectivity index (χ2n) is 4.79. The topological polar surface area (TPSA) is 60.4 Å². The van der Waals surface area contributed by atoms with E-state index in [0.29, 0.717) is 0 Å². The van der Waals surface area contributed by atoms with Crippen LogP contribution in [0.1, 0.15) is 28.9 Å². The van der Waals surface area contributed by atoms with E-state index in [9.17, 15) is 22.0 Å². The van der Waals surface area contributed by atoms with Gasteiger partial charge in [-0.05, 0) is 36.8 Å². The van der Waals surface area contributed by atoms with Crippen LogP contribution in [0.5, 0.6) is 0 Å². The van der Waals surface area contributed by atoms with Gasteiger partial charge < -0.3 is 4.74 Å². The molecule has 0 saturated carbocycles. The van der Waals surface area contributed by atoms with Gasteiger partial charge in [0.25, 0.3) is 0 Å². The first-order valence-electron chi connectivity index (χ1n) is 6.70. The Morgan fingerprint density at radius 2 is 1.57 bits per heavy atom. The van der Waals surface area contributed by atoms with Crippen LogP contribution in [-0.2, 0) is 14.6 Å². The van der Waals surface area contributed by atoms with Crippen LogP contribution in [0.3, 0.4) is 0 Å². The quantitative estimate of drug-likeness (QED) is 0.780. The third-order valence-electron chi connectivity index (χ3n) is 3.21. The summed E-state index contributed by atoms with van der Waals surface area (Å²) in [6.07, 6.45) is -0.492. The molecule has 0 aliphatic heterocycles. The Hall–Kier alpha value is -2.28. The Bertz CT molecular complexity index is 771. The predicted molar refractivity (Wildman–Crippen MR) is 79.9 cm³/mol. The number of benzene rings is 2. The molecule has 0 spiro atoms. The van der Waals surface area contributed by atoms with Crippen LogP contribution >= 0.6 is 0 Å². The number of sulfone groups is 1. The minimum absolute atomic E-state index is 0.0843. The molecular weight excluding hydrogens is 326 g/mol. The maximum atomic E-state index is 12.4. The Balaban J connectivity index is 2.12. The molecule has 0 fully saturated rings. The van der Waals surface area contributed by atoms with Crippen LogP contribution in [-0.4, -0.2) is 20.1 Å². The molecule has 122 valence electrons. The second-order valence-corrected chi connectivity index (χ2v) is 6.71. The summed E-state index contributed by atoms with van der Waals surface area (Å²) in [7, 11) is -4.67. The number of halogens is 2. The van der Waals surface area contributed by atoms with E-state index in [-0.39, 0.29) is 5.56 Å². The average molecular weight is 340 g/mol. The first kappa shape index (κ1) is 17.1. The maximum Gasteiger partial charge on any atom is 0.341 e. The fraction of sp³-hybridized carbons (Fsp3) is 0.188. The van der Waals surface area contributed by atoms with E-state index in [1.807, 2.05) is 18.2 Å². The normalized spacial score (nSPS) is 12.9. The van der Waals surface area contributed by atoms with E-state index >= 15 is 0 Å². The first-order valence-corrected chi connectivity index (χ1v) is 8.25. The third-order valence-corrected chi connectivity index (χ3v) is 4.60. The monoisotopic (exact) mass is 340 g/mol. The summed E-state index contributed by atoms with van der Waals surface area (Å²) in [6, 6.07) is 13.3. The van der Waals surface area contributed by atoms with Gasteiger partial charge in [0.1, 0.15) is 6.10 Å². The summed E-state index contributed by atoms with van der Waals surface area (Å²) < 4.78 is 52.8. The van der Waals surface area contributed by atoms with Crippen molar-refractivity contribution < 1.29 is 26.7 Å². The van der Waals surface area contributed by atoms with Gasteiger partial charge >= 0.3 is 11.7 Å². The van der Waals surface area contributed by atoms with E-state index in [1.54, 1.807) is 19.1 Å². The zero-order valence-corrected chi connectivity index (χ0v) is 13.0. The minimum Gasteiger partial charge on any atom is -0.454 e. The first-order chi connectivity index (χ1) is 10.8. The fourth-order valence-electron chi connectivity index (χ4n) is 1.90. The molecule has 4 nitrogen and oxygen atoms in total. The number of rotatable bonds is 5. The molecule has 0 aliphatic rings. The lowest BCUT2D eigenvalue weighted by Crippen LogP contribution is -2.12. The fourth-order valence-corrected chi connectivity index (χ4v) is 2.63. The van der Waals surface area contributed by atoms with Crippen LogP contribution in [0.4, 0.5) is 8.78 Å². The molecule has 0 saturated heterocycles. The van der Waals surface area contributed by atoms with Gasteiger partial charge in [-0.2, -0.15) is 8.78 Å². The highest BCUT2D eigenvalue weighted by molar-refractivity contribution is 7.91. The molecule has 23 heavy (non-hydrogen) atoms. The summed E-state index contributed by atoms with van der Waals surface area (Å²) in [6.45, 7) is 1.70. The van der Waals surface area contributed by atoms with E-state index in [4.69, 9.17) is 4.74 Å². The molecule has 2 aromatic carbocycles. The van der Waals surface area contributed by atoms with E-state index in [1.165, 1.54) is 0 Å². The van der Waals surface area contributed by atoms with Gasteiger partial charge in [0, 0.05) is 0 Å². The Morgan fingerprint density at radius 1 is 1.00 bits per heavy atom. The van der Waals surface area contributed by atoms with Crippen LogP contribution < -0.4 is 0 Å². The summed E-state index contributed by atoms with van der Waals surface area (Å²) in [5, 5.41) is 0. The van der Waals surface area contributed by atoms with Crippen LogP contribution in [0.25, 0.3) is 0 Å². The molecule has 0 N–H and O–H groups in total. The summed E-state index contributed by atoms with van der Waals surface area (Å²) in [4.78, 5) is 11.5. The second kappa shape index (κ2) is 6.87. The smallest absolute Gasteiger partial charge is 0.341 e. The SMILES string of the molecule is C[C@@H](OC(=O)c1ccc(S(=O)(=O)C(F)F)cc1)c1ccccc1. The lowest BCUT2D eigenvalue weighted by molar-refractivity contribution is 0.0338. The van der Waals surface area contributed by atoms with Crippen molar-refractivity contribution in [3.63, 3.8) is 0 Å². The van der Waals surface area contributed by atoms with Gasteiger partial charge in [0.2, 0.25) is 9.84 Å². The zero-order valence-electron chi connectivity index (χ0n) is 12.1. The van der Waals surface area contributed by atoms with Crippen molar-refractivity contribution in [1.82, 2.24) is 0 Å². The highest BCUT2D eigenvalue weighted by Crippen LogP contribution is 2.21. The van der Waals surface area contributed by atoms with Crippen molar-refractivity contribution in [1.29, 1.82) is 0 Å². The van der Waals surface area contributed by atoms with Crippen LogP contribution in [0, 0.1) is 0 Å². The Morgan fingerprint density at radius 3 is 2.09 bits per heavy atom. The highest BCUT2D eigenvalue weighted by atomic mass is 32.2. The van der Waals surface area contributed by atoms with Gasteiger partial charge in [-0.15, -0.1) is 0 Å². The Labute approximate surface area is 132 Å². The van der Waals surface area contributed by atoms with Crippen LogP contribution in [0.15, 0.2) is 59.5 Å². The molecule has 0 bridgehead atoms. The predicted octanol–water partition coefficient (Wildman–Crippen LogP) is 3.60. The number of hydrogen-bond acceptors (Lipinski definition) is 4. The van der Waals surface area contributed by atoms with Crippen molar-refractivity contribution in [2.45, 2.75) is 23.7 Å². The molecule has 0 aliphatic carbocycles. The standard InChI is InChI=1S/C16H14F2O4S/c1-11(12-5-3-2-4-6-12)22-15(19)13-7-9-14(10-8-13)23(20,21)16(17)18/h2-11,16H,1H3/t11-/m1/s1. The van der Waals surface area contributed by atoms with Gasteiger partial charge in [0.05, 0.1) is 10.5 Å². The average Bonchev–Trinajstić information content (AvgIpc) is 2.55. The number of carbonyl (C=O) groups is 1. The molecule has 2 aromatic rings. The number of carbonyl (C=O) groups excluding carboxylic acids is 1. The molecule has 0 unspecified atom stereocenters. The molecule has 0 amide bonds. The van der Waals surface area contributed by atoms with Gasteiger partial charge in [0.15, 0.2) is 0 Å². The summed E-state index contributed by atoms with van der Waals surface area (Å²) in [5.41, 5.74) is 0.888. The van der Waals surface area contributed by atoms with Crippen molar-refractivity contribution in [2.24, 2.45) is 0 Å². The lowest BCUT2D eigenvalue weighted by Gasteiger charge is -2.13. The molecule has 0 radical (unpaired) electrons. The maximum absolute atomic E-state index is 12.4. The summed E-state index contributed by atoms with van der Waals surface area (Å²) >= 11 is 0. The van der Waals surface area contributed by atoms with E-state index in [2.05, 4.69) is 0 Å². The molecule has 0 aromatic heterocycles. The van der Waals surface area contributed by atoms with Crippen molar-refractivity contribution in [2.75, 3.05) is 0 Å². The lowest BCUT2D eigenvalue weighted by atomic mass is 10.1. The number of ether oxygens (including phenoxy) is 1. The van der Waals surface area contributed by atoms with Gasteiger partial charge in [-0.3, -0.25) is 0 Å². The minimum atomic E-state index is -4.67. The number of hydrogen-bond donors (Lipinski definition) is 0. The third kappa shape index (κ3) is 3.92.